The summed E-state index contributed by atoms with van der Waals surface area (Å²) in [5.41, 5.74) is 4.00. The Labute approximate surface area is 156 Å². The number of aryl methyl sites for hydroxylation is 1. The standard InChI is InChI=1S/C22H28N2O2/c1-16-15-19(9-12-21(16)26-3)22(25)23-17(2)18-7-10-20(11-8-18)24-13-5-4-6-14-24/h7-12,15,17H,4-6,13-14H2,1-3H3,(H,23,25). The highest BCUT2D eigenvalue weighted by atomic mass is 16.5. The molecule has 4 nitrogen and oxygen atoms in total. The monoisotopic (exact) mass is 352 g/mol. The number of piperidine rings is 1. The van der Waals surface area contributed by atoms with Crippen molar-refractivity contribution in [1.29, 1.82) is 0 Å². The number of nitrogens with zero attached hydrogens (tertiary/aromatic N) is 1. The third kappa shape index (κ3) is 4.18. The number of amides is 1. The molecule has 1 aliphatic heterocycles. The van der Waals surface area contributed by atoms with E-state index in [1.807, 2.05) is 26.0 Å². The number of hydrogen-bond donors (Lipinski definition) is 1. The van der Waals surface area contributed by atoms with Gasteiger partial charge >= 0.3 is 0 Å². The Balaban J connectivity index is 1.64. The van der Waals surface area contributed by atoms with Crippen LogP contribution in [0.3, 0.4) is 0 Å². The Morgan fingerprint density at radius 3 is 2.38 bits per heavy atom. The molecule has 2 aromatic carbocycles. The fourth-order valence-electron chi connectivity index (χ4n) is 3.51. The summed E-state index contributed by atoms with van der Waals surface area (Å²) in [5, 5.41) is 3.08. The molecule has 0 aliphatic carbocycles. The van der Waals surface area contributed by atoms with Crippen LogP contribution in [0.2, 0.25) is 0 Å². The zero-order valence-electron chi connectivity index (χ0n) is 15.9. The van der Waals surface area contributed by atoms with Crippen molar-refractivity contribution >= 4 is 11.6 Å². The number of nitrogens with one attached hydrogen (secondary N) is 1. The predicted molar refractivity (Wildman–Crippen MR) is 106 cm³/mol. The molecule has 138 valence electrons. The largest absolute Gasteiger partial charge is 0.496 e. The first-order valence-electron chi connectivity index (χ1n) is 9.39. The quantitative estimate of drug-likeness (QED) is 0.862. The molecule has 0 radical (unpaired) electrons. The average molecular weight is 352 g/mol. The first-order valence-corrected chi connectivity index (χ1v) is 9.39. The third-order valence-electron chi connectivity index (χ3n) is 5.12. The highest BCUT2D eigenvalue weighted by Crippen LogP contribution is 2.23. The van der Waals surface area contributed by atoms with Gasteiger partial charge in [-0.2, -0.15) is 0 Å². The third-order valence-corrected chi connectivity index (χ3v) is 5.12. The summed E-state index contributed by atoms with van der Waals surface area (Å²) < 4.78 is 5.26. The Bertz CT molecular complexity index is 749. The van der Waals surface area contributed by atoms with E-state index in [1.54, 1.807) is 13.2 Å². The maximum Gasteiger partial charge on any atom is 0.251 e. The summed E-state index contributed by atoms with van der Waals surface area (Å²) in [7, 11) is 1.64. The van der Waals surface area contributed by atoms with Gasteiger partial charge < -0.3 is 15.0 Å². The van der Waals surface area contributed by atoms with Crippen molar-refractivity contribution in [2.75, 3.05) is 25.1 Å². The van der Waals surface area contributed by atoms with Crippen molar-refractivity contribution < 1.29 is 9.53 Å². The summed E-state index contributed by atoms with van der Waals surface area (Å²) in [6.45, 7) is 6.24. The number of carbonyl (C=O) groups excluding carboxylic acids is 1. The lowest BCUT2D eigenvalue weighted by Crippen LogP contribution is -2.29. The van der Waals surface area contributed by atoms with Gasteiger partial charge in [-0.3, -0.25) is 4.79 Å². The average Bonchev–Trinajstić information content (AvgIpc) is 2.68. The lowest BCUT2D eigenvalue weighted by Gasteiger charge is -2.29. The minimum atomic E-state index is -0.0663. The van der Waals surface area contributed by atoms with Gasteiger partial charge in [-0.25, -0.2) is 0 Å². The topological polar surface area (TPSA) is 41.6 Å². The van der Waals surface area contributed by atoms with E-state index in [2.05, 4.69) is 34.5 Å². The van der Waals surface area contributed by atoms with Gasteiger partial charge in [0, 0.05) is 24.3 Å². The van der Waals surface area contributed by atoms with Gasteiger partial charge in [0.1, 0.15) is 5.75 Å². The maximum absolute atomic E-state index is 12.5. The van der Waals surface area contributed by atoms with E-state index in [4.69, 9.17) is 4.74 Å². The molecule has 26 heavy (non-hydrogen) atoms. The van der Waals surface area contributed by atoms with Crippen LogP contribution in [0.4, 0.5) is 5.69 Å². The summed E-state index contributed by atoms with van der Waals surface area (Å²) in [4.78, 5) is 15.0. The molecule has 1 saturated heterocycles. The minimum absolute atomic E-state index is 0.0414. The van der Waals surface area contributed by atoms with E-state index in [9.17, 15) is 4.79 Å². The van der Waals surface area contributed by atoms with Crippen LogP contribution in [0.25, 0.3) is 0 Å². The Kier molecular flexibility index (Phi) is 5.82. The second-order valence-corrected chi connectivity index (χ2v) is 7.02. The second kappa shape index (κ2) is 8.26. The summed E-state index contributed by atoms with van der Waals surface area (Å²) in [6, 6.07) is 14.0. The fourth-order valence-corrected chi connectivity index (χ4v) is 3.51. The molecule has 2 aromatic rings. The normalized spacial score (nSPS) is 15.4. The van der Waals surface area contributed by atoms with Gasteiger partial charge in [-0.15, -0.1) is 0 Å². The maximum atomic E-state index is 12.5. The van der Waals surface area contributed by atoms with Crippen LogP contribution < -0.4 is 15.0 Å². The number of ether oxygens (including phenoxy) is 1. The first kappa shape index (κ1) is 18.3. The van der Waals surface area contributed by atoms with Gasteiger partial charge in [0.15, 0.2) is 0 Å². The molecule has 1 fully saturated rings. The second-order valence-electron chi connectivity index (χ2n) is 7.02. The van der Waals surface area contributed by atoms with E-state index in [0.717, 1.165) is 30.0 Å². The van der Waals surface area contributed by atoms with E-state index in [1.165, 1.54) is 24.9 Å². The Morgan fingerprint density at radius 2 is 1.77 bits per heavy atom. The van der Waals surface area contributed by atoms with Crippen molar-refractivity contribution in [1.82, 2.24) is 5.32 Å². The highest BCUT2D eigenvalue weighted by molar-refractivity contribution is 5.94. The molecule has 0 bridgehead atoms. The van der Waals surface area contributed by atoms with Crippen LogP contribution in [-0.4, -0.2) is 26.1 Å². The number of carbonyl (C=O) groups is 1. The molecule has 1 N–H and O–H groups in total. The number of methoxy groups -OCH3 is 1. The minimum Gasteiger partial charge on any atom is -0.496 e. The molecule has 1 amide bonds. The molecule has 1 heterocycles. The first-order chi connectivity index (χ1) is 12.6. The van der Waals surface area contributed by atoms with E-state index in [0.29, 0.717) is 5.56 Å². The van der Waals surface area contributed by atoms with Crippen molar-refractivity contribution in [3.8, 4) is 5.75 Å². The fraction of sp³-hybridized carbons (Fsp3) is 0.409. The molecule has 3 rings (SSSR count). The van der Waals surface area contributed by atoms with Crippen LogP contribution in [-0.2, 0) is 0 Å². The lowest BCUT2D eigenvalue weighted by atomic mass is 10.0. The van der Waals surface area contributed by atoms with Crippen LogP contribution in [0.1, 0.15) is 53.7 Å². The molecule has 1 unspecified atom stereocenters. The lowest BCUT2D eigenvalue weighted by molar-refractivity contribution is 0.0940. The zero-order chi connectivity index (χ0) is 18.5. The summed E-state index contributed by atoms with van der Waals surface area (Å²) in [6.07, 6.45) is 3.88. The number of benzene rings is 2. The van der Waals surface area contributed by atoms with Crippen molar-refractivity contribution in [3.63, 3.8) is 0 Å². The Hall–Kier alpha value is -2.49. The van der Waals surface area contributed by atoms with Gasteiger partial charge in [-0.05, 0) is 74.6 Å². The van der Waals surface area contributed by atoms with Gasteiger partial charge in [0.2, 0.25) is 0 Å². The molecule has 0 saturated carbocycles. The van der Waals surface area contributed by atoms with E-state index < -0.39 is 0 Å². The van der Waals surface area contributed by atoms with Crippen LogP contribution >= 0.6 is 0 Å². The highest BCUT2D eigenvalue weighted by Gasteiger charge is 2.14. The van der Waals surface area contributed by atoms with Crippen LogP contribution in [0.5, 0.6) is 5.75 Å². The molecule has 0 spiro atoms. The van der Waals surface area contributed by atoms with Gasteiger partial charge in [0.25, 0.3) is 5.91 Å². The van der Waals surface area contributed by atoms with Crippen LogP contribution in [0, 0.1) is 6.92 Å². The summed E-state index contributed by atoms with van der Waals surface area (Å²) in [5.74, 6) is 0.728. The molecule has 1 aliphatic rings. The van der Waals surface area contributed by atoms with Crippen LogP contribution in [0.15, 0.2) is 42.5 Å². The zero-order valence-corrected chi connectivity index (χ0v) is 15.9. The molecule has 0 aromatic heterocycles. The SMILES string of the molecule is COc1ccc(C(=O)NC(C)c2ccc(N3CCCCC3)cc2)cc1C. The van der Waals surface area contributed by atoms with Crippen molar-refractivity contribution in [2.24, 2.45) is 0 Å². The van der Waals surface area contributed by atoms with E-state index >= 15 is 0 Å². The van der Waals surface area contributed by atoms with Gasteiger partial charge in [-0.1, -0.05) is 12.1 Å². The van der Waals surface area contributed by atoms with Gasteiger partial charge in [0.05, 0.1) is 13.2 Å². The van der Waals surface area contributed by atoms with Crippen molar-refractivity contribution in [2.45, 2.75) is 39.2 Å². The molecule has 4 heteroatoms. The molecular weight excluding hydrogens is 324 g/mol. The number of hydrogen-bond acceptors (Lipinski definition) is 3. The molecular formula is C22H28N2O2. The summed E-state index contributed by atoms with van der Waals surface area (Å²) >= 11 is 0. The van der Waals surface area contributed by atoms with E-state index in [-0.39, 0.29) is 11.9 Å². The number of rotatable bonds is 5. The Morgan fingerprint density at radius 1 is 1.08 bits per heavy atom. The molecule has 1 atom stereocenters. The predicted octanol–water partition coefficient (Wildman–Crippen LogP) is 4.48. The van der Waals surface area contributed by atoms with Crippen molar-refractivity contribution in [3.05, 3.63) is 59.2 Å². The number of anilines is 1. The smallest absolute Gasteiger partial charge is 0.251 e.